The van der Waals surface area contributed by atoms with Crippen LogP contribution in [0.2, 0.25) is 10.0 Å². The third kappa shape index (κ3) is 3.96. The molecule has 0 aliphatic heterocycles. The highest BCUT2D eigenvalue weighted by Gasteiger charge is 2.16. The van der Waals surface area contributed by atoms with Crippen molar-refractivity contribution in [3.05, 3.63) is 79.8 Å². The molecule has 0 saturated carbocycles. The Kier molecular flexibility index (Phi) is 5.36. The first-order valence-corrected chi connectivity index (χ1v) is 10.6. The molecule has 1 N–H and O–H groups in total. The summed E-state index contributed by atoms with van der Waals surface area (Å²) >= 11 is 15.9. The van der Waals surface area contributed by atoms with Crippen LogP contribution < -0.4 is 5.32 Å². The highest BCUT2D eigenvalue weighted by Crippen LogP contribution is 2.36. The number of carbonyl (C=O) groups is 1. The van der Waals surface area contributed by atoms with Crippen molar-refractivity contribution >= 4 is 78.9 Å². The minimum absolute atomic E-state index is 0.291. The maximum absolute atomic E-state index is 12.7. The second-order valence-corrected chi connectivity index (χ2v) is 8.87. The van der Waals surface area contributed by atoms with Crippen LogP contribution in [0.1, 0.15) is 10.4 Å². The van der Waals surface area contributed by atoms with Gasteiger partial charge < -0.3 is 5.32 Å². The molecule has 0 bridgehead atoms. The minimum atomic E-state index is -0.291. The number of fused-ring (bicyclic) bond motifs is 1. The molecule has 134 valence electrons. The average Bonchev–Trinajstić information content (AvgIpc) is 3.07. The Morgan fingerprint density at radius 2 is 1.85 bits per heavy atom. The number of halogens is 3. The molecule has 4 aromatic rings. The molecule has 3 nitrogen and oxygen atoms in total. The highest BCUT2D eigenvalue weighted by molar-refractivity contribution is 14.1. The smallest absolute Gasteiger partial charge is 0.257 e. The lowest BCUT2D eigenvalue weighted by Gasteiger charge is -2.11. The van der Waals surface area contributed by atoms with Gasteiger partial charge in [0.25, 0.3) is 5.91 Å². The summed E-state index contributed by atoms with van der Waals surface area (Å²) < 4.78 is 2.16. The molecule has 0 aliphatic rings. The van der Waals surface area contributed by atoms with E-state index in [0.717, 1.165) is 24.4 Å². The molecule has 0 atom stereocenters. The van der Waals surface area contributed by atoms with Crippen LogP contribution in [-0.2, 0) is 0 Å². The van der Waals surface area contributed by atoms with Crippen LogP contribution in [0.3, 0.4) is 0 Å². The first-order valence-electron chi connectivity index (χ1n) is 7.93. The molecule has 3 aromatic carbocycles. The summed E-state index contributed by atoms with van der Waals surface area (Å²) in [6.45, 7) is 0. The maximum atomic E-state index is 12.7. The fourth-order valence-electron chi connectivity index (χ4n) is 2.65. The van der Waals surface area contributed by atoms with Crippen LogP contribution in [0.25, 0.3) is 20.8 Å². The van der Waals surface area contributed by atoms with Gasteiger partial charge in [0.1, 0.15) is 5.01 Å². The summed E-state index contributed by atoms with van der Waals surface area (Å²) in [6.07, 6.45) is 0. The van der Waals surface area contributed by atoms with Gasteiger partial charge in [-0.1, -0.05) is 35.3 Å². The van der Waals surface area contributed by atoms with Crippen LogP contribution in [0.4, 0.5) is 5.69 Å². The van der Waals surface area contributed by atoms with E-state index in [4.69, 9.17) is 28.2 Å². The number of rotatable bonds is 3. The van der Waals surface area contributed by atoms with Crippen molar-refractivity contribution in [1.29, 1.82) is 0 Å². The van der Waals surface area contributed by atoms with Gasteiger partial charge in [-0.25, -0.2) is 4.98 Å². The number of amides is 1. The molecule has 0 saturated heterocycles. The van der Waals surface area contributed by atoms with Crippen molar-refractivity contribution < 1.29 is 4.79 Å². The topological polar surface area (TPSA) is 42.0 Å². The van der Waals surface area contributed by atoms with Gasteiger partial charge in [0, 0.05) is 14.2 Å². The summed E-state index contributed by atoms with van der Waals surface area (Å²) in [5.74, 6) is -0.291. The predicted octanol–water partition coefficient (Wildman–Crippen LogP) is 7.13. The van der Waals surface area contributed by atoms with E-state index in [1.165, 1.54) is 0 Å². The summed E-state index contributed by atoms with van der Waals surface area (Å²) in [4.78, 5) is 17.4. The highest BCUT2D eigenvalue weighted by atomic mass is 127. The Morgan fingerprint density at radius 1 is 1.04 bits per heavy atom. The van der Waals surface area contributed by atoms with Gasteiger partial charge in [0.05, 0.1) is 26.5 Å². The van der Waals surface area contributed by atoms with Crippen LogP contribution in [0.5, 0.6) is 0 Å². The van der Waals surface area contributed by atoms with Crippen molar-refractivity contribution in [2.24, 2.45) is 0 Å². The van der Waals surface area contributed by atoms with E-state index in [1.807, 2.05) is 42.5 Å². The monoisotopic (exact) mass is 524 g/mol. The summed E-state index contributed by atoms with van der Waals surface area (Å²) in [6, 6.07) is 18.6. The molecule has 1 aromatic heterocycles. The zero-order valence-electron chi connectivity index (χ0n) is 13.7. The number of aromatic nitrogens is 1. The standard InChI is InChI=1S/C20H11Cl2IN2OS/c21-11-5-7-13(15(22)9-11)19(26)24-16-8-6-12(23)10-14(16)20-25-17-3-1-2-4-18(17)27-20/h1-10H,(H,24,26). The number of para-hydroxylation sites is 1. The first kappa shape index (κ1) is 18.7. The van der Waals surface area contributed by atoms with Gasteiger partial charge in [0.15, 0.2) is 0 Å². The van der Waals surface area contributed by atoms with Crippen LogP contribution in [0, 0.1) is 3.57 Å². The minimum Gasteiger partial charge on any atom is -0.321 e. The van der Waals surface area contributed by atoms with Crippen LogP contribution in [0.15, 0.2) is 60.7 Å². The van der Waals surface area contributed by atoms with E-state index in [1.54, 1.807) is 29.5 Å². The van der Waals surface area contributed by atoms with E-state index >= 15 is 0 Å². The molecular weight excluding hydrogens is 514 g/mol. The second-order valence-electron chi connectivity index (χ2n) is 5.75. The van der Waals surface area contributed by atoms with E-state index in [-0.39, 0.29) is 5.91 Å². The molecule has 0 radical (unpaired) electrons. The zero-order valence-corrected chi connectivity index (χ0v) is 18.2. The van der Waals surface area contributed by atoms with E-state index in [2.05, 4.69) is 27.9 Å². The maximum Gasteiger partial charge on any atom is 0.257 e. The Hall–Kier alpha value is -1.67. The van der Waals surface area contributed by atoms with Gasteiger partial charge in [-0.2, -0.15) is 0 Å². The lowest BCUT2D eigenvalue weighted by molar-refractivity contribution is 0.102. The number of carbonyl (C=O) groups excluding carboxylic acids is 1. The van der Waals surface area contributed by atoms with Gasteiger partial charge in [-0.3, -0.25) is 4.79 Å². The normalized spacial score (nSPS) is 10.9. The van der Waals surface area contributed by atoms with Crippen molar-refractivity contribution in [3.8, 4) is 10.6 Å². The third-order valence-corrected chi connectivity index (χ3v) is 6.22. The largest absolute Gasteiger partial charge is 0.321 e. The number of benzene rings is 3. The fraction of sp³-hybridized carbons (Fsp3) is 0. The number of hydrogen-bond acceptors (Lipinski definition) is 3. The van der Waals surface area contributed by atoms with Gasteiger partial charge in [-0.05, 0) is 71.1 Å². The van der Waals surface area contributed by atoms with Gasteiger partial charge in [0.2, 0.25) is 0 Å². The molecule has 27 heavy (non-hydrogen) atoms. The summed E-state index contributed by atoms with van der Waals surface area (Å²) in [5.41, 5.74) is 2.87. The predicted molar refractivity (Wildman–Crippen MR) is 122 cm³/mol. The third-order valence-electron chi connectivity index (χ3n) is 3.93. The van der Waals surface area contributed by atoms with Crippen molar-refractivity contribution in [2.75, 3.05) is 5.32 Å². The van der Waals surface area contributed by atoms with Gasteiger partial charge >= 0.3 is 0 Å². The molecule has 0 fully saturated rings. The van der Waals surface area contributed by atoms with Crippen LogP contribution in [-0.4, -0.2) is 10.9 Å². The van der Waals surface area contributed by atoms with E-state index in [0.29, 0.717) is 21.3 Å². The van der Waals surface area contributed by atoms with Crippen LogP contribution >= 0.6 is 57.1 Å². The molecule has 0 aliphatic carbocycles. The molecule has 7 heteroatoms. The lowest BCUT2D eigenvalue weighted by atomic mass is 10.1. The van der Waals surface area contributed by atoms with Crippen molar-refractivity contribution in [1.82, 2.24) is 4.98 Å². The van der Waals surface area contributed by atoms with Crippen molar-refractivity contribution in [2.45, 2.75) is 0 Å². The number of nitrogens with zero attached hydrogens (tertiary/aromatic N) is 1. The van der Waals surface area contributed by atoms with Gasteiger partial charge in [-0.15, -0.1) is 11.3 Å². The Bertz CT molecular complexity index is 1140. The number of anilines is 1. The molecule has 0 unspecified atom stereocenters. The van der Waals surface area contributed by atoms with E-state index in [9.17, 15) is 4.79 Å². The molecule has 1 amide bonds. The molecular formula is C20H11Cl2IN2OS. The molecule has 1 heterocycles. The Labute approximate surface area is 183 Å². The lowest BCUT2D eigenvalue weighted by Crippen LogP contribution is -2.13. The van der Waals surface area contributed by atoms with E-state index < -0.39 is 0 Å². The summed E-state index contributed by atoms with van der Waals surface area (Å²) in [5, 5.41) is 4.61. The number of nitrogens with one attached hydrogen (secondary N) is 1. The SMILES string of the molecule is O=C(Nc1ccc(I)cc1-c1nc2ccccc2s1)c1ccc(Cl)cc1Cl. The van der Waals surface area contributed by atoms with Crippen molar-refractivity contribution in [3.63, 3.8) is 0 Å². The summed E-state index contributed by atoms with van der Waals surface area (Å²) in [7, 11) is 0. The fourth-order valence-corrected chi connectivity index (χ4v) is 4.63. The average molecular weight is 525 g/mol. The quantitative estimate of drug-likeness (QED) is 0.290. The Morgan fingerprint density at radius 3 is 2.63 bits per heavy atom. The number of thiazole rings is 1. The first-order chi connectivity index (χ1) is 13.0. The second kappa shape index (κ2) is 7.75. The Balaban J connectivity index is 1.74. The molecule has 0 spiro atoms. The molecule has 4 rings (SSSR count). The zero-order chi connectivity index (χ0) is 19.0. The number of hydrogen-bond donors (Lipinski definition) is 1.